The minimum Gasteiger partial charge on any atom is -0.357 e. The van der Waals surface area contributed by atoms with Crippen molar-refractivity contribution in [2.24, 2.45) is 0 Å². The summed E-state index contributed by atoms with van der Waals surface area (Å²) in [7, 11) is -3.87. The van der Waals surface area contributed by atoms with E-state index in [1.54, 1.807) is 18.2 Å². The van der Waals surface area contributed by atoms with Crippen molar-refractivity contribution >= 4 is 42.0 Å². The second-order valence-electron chi connectivity index (χ2n) is 3.79. The second-order valence-corrected chi connectivity index (χ2v) is 7.11. The molecular formula is C12H9Br2NO3S. The average molecular weight is 407 g/mol. The molecule has 0 bridgehead atoms. The molecule has 0 saturated carbocycles. The molecule has 0 amide bonds. The van der Waals surface area contributed by atoms with Gasteiger partial charge in [0.2, 0.25) is 5.88 Å². The summed E-state index contributed by atoms with van der Waals surface area (Å²) in [5.41, 5.74) is 0.974. The van der Waals surface area contributed by atoms with Gasteiger partial charge >= 0.3 is 10.1 Å². The monoisotopic (exact) mass is 405 g/mol. The third kappa shape index (κ3) is 3.55. The first-order valence-corrected chi connectivity index (χ1v) is 8.20. The Hall–Kier alpha value is -0.920. The highest BCUT2D eigenvalue weighted by atomic mass is 79.9. The summed E-state index contributed by atoms with van der Waals surface area (Å²) in [6.07, 6.45) is 1.46. The fourth-order valence-electron chi connectivity index (χ4n) is 1.32. The summed E-state index contributed by atoms with van der Waals surface area (Å²) < 4.78 is 30.3. The molecule has 1 aromatic carbocycles. The van der Waals surface area contributed by atoms with E-state index in [4.69, 9.17) is 4.18 Å². The Morgan fingerprint density at radius 1 is 1.16 bits per heavy atom. The van der Waals surface area contributed by atoms with Gasteiger partial charge in [-0.1, -0.05) is 17.7 Å². The lowest BCUT2D eigenvalue weighted by Gasteiger charge is -2.07. The van der Waals surface area contributed by atoms with Crippen LogP contribution in [0.15, 0.2) is 50.4 Å². The van der Waals surface area contributed by atoms with E-state index < -0.39 is 10.1 Å². The van der Waals surface area contributed by atoms with E-state index >= 15 is 0 Å². The fourth-order valence-corrected chi connectivity index (χ4v) is 3.40. The Morgan fingerprint density at radius 3 is 2.37 bits per heavy atom. The molecule has 0 aliphatic rings. The Bertz CT molecular complexity index is 699. The molecule has 2 rings (SSSR count). The Labute approximate surface area is 128 Å². The van der Waals surface area contributed by atoms with Crippen molar-refractivity contribution in [3.8, 4) is 5.88 Å². The van der Waals surface area contributed by atoms with Crippen molar-refractivity contribution in [2.75, 3.05) is 0 Å². The zero-order valence-corrected chi connectivity index (χ0v) is 13.8. The normalized spacial score (nSPS) is 11.3. The summed E-state index contributed by atoms with van der Waals surface area (Å²) in [6.45, 7) is 1.88. The van der Waals surface area contributed by atoms with Crippen LogP contribution in [0.1, 0.15) is 5.56 Å². The molecule has 1 aromatic heterocycles. The molecule has 7 heteroatoms. The van der Waals surface area contributed by atoms with Gasteiger partial charge in [-0.3, -0.25) is 0 Å². The van der Waals surface area contributed by atoms with Crippen LogP contribution >= 0.6 is 31.9 Å². The molecule has 0 aliphatic heterocycles. The molecule has 4 nitrogen and oxygen atoms in total. The van der Waals surface area contributed by atoms with Crippen LogP contribution in [0.3, 0.4) is 0 Å². The number of hydrogen-bond donors (Lipinski definition) is 0. The number of nitrogens with zero attached hydrogens (tertiary/aromatic N) is 1. The molecule has 0 aliphatic carbocycles. The van der Waals surface area contributed by atoms with Gasteiger partial charge in [0.25, 0.3) is 0 Å². The highest BCUT2D eigenvalue weighted by Gasteiger charge is 2.18. The Kier molecular flexibility index (Phi) is 4.27. The number of hydrogen-bond acceptors (Lipinski definition) is 4. The molecule has 0 fully saturated rings. The van der Waals surface area contributed by atoms with Crippen molar-refractivity contribution in [1.82, 2.24) is 4.98 Å². The van der Waals surface area contributed by atoms with Crippen molar-refractivity contribution in [3.63, 3.8) is 0 Å². The molecule has 19 heavy (non-hydrogen) atoms. The molecule has 0 N–H and O–H groups in total. The molecule has 100 valence electrons. The maximum absolute atomic E-state index is 12.1. The molecule has 0 saturated heterocycles. The summed E-state index contributed by atoms with van der Waals surface area (Å²) in [6, 6.07) is 8.07. The lowest BCUT2D eigenvalue weighted by atomic mass is 10.2. The maximum Gasteiger partial charge on any atom is 0.340 e. The van der Waals surface area contributed by atoms with Gasteiger partial charge < -0.3 is 4.18 Å². The van der Waals surface area contributed by atoms with Crippen LogP contribution < -0.4 is 4.18 Å². The van der Waals surface area contributed by atoms with Crippen LogP contribution in [-0.2, 0) is 10.1 Å². The molecular weight excluding hydrogens is 398 g/mol. The van der Waals surface area contributed by atoms with Crippen LogP contribution in [0.2, 0.25) is 0 Å². The first-order valence-electron chi connectivity index (χ1n) is 5.21. The highest BCUT2D eigenvalue weighted by molar-refractivity contribution is 9.11. The second kappa shape index (κ2) is 5.60. The van der Waals surface area contributed by atoms with E-state index in [9.17, 15) is 8.42 Å². The predicted molar refractivity (Wildman–Crippen MR) is 78.6 cm³/mol. The number of pyridine rings is 1. The highest BCUT2D eigenvalue weighted by Crippen LogP contribution is 2.28. The van der Waals surface area contributed by atoms with E-state index in [2.05, 4.69) is 36.8 Å². The van der Waals surface area contributed by atoms with Crippen LogP contribution in [0, 0.1) is 6.92 Å². The predicted octanol–water partition coefficient (Wildman–Crippen LogP) is 3.68. The Morgan fingerprint density at radius 2 is 1.79 bits per heavy atom. The number of rotatable bonds is 3. The summed E-state index contributed by atoms with van der Waals surface area (Å²) in [4.78, 5) is 4.00. The van der Waals surface area contributed by atoms with Gasteiger partial charge in [0, 0.05) is 10.7 Å². The Balaban J connectivity index is 2.33. The minimum atomic E-state index is -3.87. The first kappa shape index (κ1) is 14.5. The number of aryl methyl sites for hydroxylation is 1. The lowest BCUT2D eigenvalue weighted by Crippen LogP contribution is -2.11. The quantitative estimate of drug-likeness (QED) is 0.729. The first-order chi connectivity index (χ1) is 8.88. The van der Waals surface area contributed by atoms with Crippen molar-refractivity contribution in [3.05, 3.63) is 51.0 Å². The van der Waals surface area contributed by atoms with Crippen molar-refractivity contribution in [1.29, 1.82) is 0 Å². The smallest absolute Gasteiger partial charge is 0.340 e. The van der Waals surface area contributed by atoms with E-state index in [1.807, 2.05) is 6.92 Å². The lowest BCUT2D eigenvalue weighted by molar-refractivity contribution is 0.474. The minimum absolute atomic E-state index is 0.00350. The van der Waals surface area contributed by atoms with Crippen molar-refractivity contribution < 1.29 is 12.6 Å². The maximum atomic E-state index is 12.1. The van der Waals surface area contributed by atoms with Crippen LogP contribution in [0.4, 0.5) is 0 Å². The van der Waals surface area contributed by atoms with Gasteiger partial charge in [0.05, 0.1) is 4.47 Å². The van der Waals surface area contributed by atoms with Crippen LogP contribution in [0.5, 0.6) is 5.88 Å². The fraction of sp³-hybridized carbons (Fsp3) is 0.0833. The molecule has 0 radical (unpaired) electrons. The van der Waals surface area contributed by atoms with E-state index in [0.717, 1.165) is 10.0 Å². The molecule has 0 spiro atoms. The summed E-state index contributed by atoms with van der Waals surface area (Å²) in [5.74, 6) is 0.00350. The van der Waals surface area contributed by atoms with Crippen LogP contribution in [0.25, 0.3) is 0 Å². The average Bonchev–Trinajstić information content (AvgIpc) is 2.33. The van der Waals surface area contributed by atoms with Crippen LogP contribution in [-0.4, -0.2) is 13.4 Å². The van der Waals surface area contributed by atoms with E-state index in [0.29, 0.717) is 4.47 Å². The molecule has 1 heterocycles. The summed E-state index contributed by atoms with van der Waals surface area (Å²) in [5, 5.41) is 0. The van der Waals surface area contributed by atoms with Gasteiger partial charge in [0.15, 0.2) is 0 Å². The standard InChI is InChI=1S/C12H9Br2NO3S/c1-8-2-4-10(5-3-8)19(16,17)18-12-11(14)6-9(13)7-15-12/h2-7H,1H3. The van der Waals surface area contributed by atoms with Gasteiger partial charge in [-0.15, -0.1) is 0 Å². The SMILES string of the molecule is Cc1ccc(S(=O)(=O)Oc2ncc(Br)cc2Br)cc1. The third-order valence-electron chi connectivity index (χ3n) is 2.27. The van der Waals surface area contributed by atoms with Gasteiger partial charge in [-0.2, -0.15) is 8.42 Å². The van der Waals surface area contributed by atoms with Crippen molar-refractivity contribution in [2.45, 2.75) is 11.8 Å². The number of aromatic nitrogens is 1. The largest absolute Gasteiger partial charge is 0.357 e. The molecule has 0 atom stereocenters. The molecule has 2 aromatic rings. The molecule has 0 unspecified atom stereocenters. The van der Waals surface area contributed by atoms with E-state index in [1.165, 1.54) is 18.3 Å². The number of halogens is 2. The van der Waals surface area contributed by atoms with Gasteiger partial charge in [-0.05, 0) is 57.0 Å². The van der Waals surface area contributed by atoms with Gasteiger partial charge in [0.1, 0.15) is 4.90 Å². The van der Waals surface area contributed by atoms with E-state index in [-0.39, 0.29) is 10.8 Å². The zero-order chi connectivity index (χ0) is 14.0. The zero-order valence-electron chi connectivity index (χ0n) is 9.80. The van der Waals surface area contributed by atoms with Gasteiger partial charge in [-0.25, -0.2) is 4.98 Å². The topological polar surface area (TPSA) is 56.3 Å². The summed E-state index contributed by atoms with van der Waals surface area (Å²) >= 11 is 6.43. The number of benzene rings is 1. The third-order valence-corrected chi connectivity index (χ3v) is 4.50.